The van der Waals surface area contributed by atoms with Crippen molar-refractivity contribution in [1.29, 1.82) is 0 Å². The third-order valence-electron chi connectivity index (χ3n) is 0.454. The fourth-order valence-electron chi connectivity index (χ4n) is 0. The van der Waals surface area contributed by atoms with Crippen LogP contribution >= 0.6 is 0 Å². The summed E-state index contributed by atoms with van der Waals surface area (Å²) in [5, 5.41) is 0. The summed E-state index contributed by atoms with van der Waals surface area (Å²) in [4.78, 5) is 0. The molecular weight excluding hydrogens is 185 g/mol. The van der Waals surface area contributed by atoms with E-state index in [9.17, 15) is 0 Å². The third kappa shape index (κ3) is 59.6. The summed E-state index contributed by atoms with van der Waals surface area (Å²) in [5.74, 6) is 2.43. The summed E-state index contributed by atoms with van der Waals surface area (Å²) in [6, 6.07) is 0. The van der Waals surface area contributed by atoms with Crippen LogP contribution in [-0.4, -0.2) is 0 Å². The van der Waals surface area contributed by atoms with E-state index in [-0.39, 0.29) is 32.7 Å². The van der Waals surface area contributed by atoms with Crippen molar-refractivity contribution >= 4 is 0 Å². The van der Waals surface area contributed by atoms with Crippen molar-refractivity contribution in [3.05, 3.63) is 12.7 Å². The molecule has 0 bridgehead atoms. The largest absolute Gasteiger partial charge is 0.504 e. The molecule has 0 aliphatic rings. The molecule has 0 aliphatic heterocycles. The first-order chi connectivity index (χ1) is 3.83. The Balaban J connectivity index is -0.0000000720. The van der Waals surface area contributed by atoms with Gasteiger partial charge in [-0.3, -0.25) is 6.58 Å². The quantitative estimate of drug-likeness (QED) is 0.448. The zero-order chi connectivity index (χ0) is 6.83. The first kappa shape index (κ1) is 16.2. The maximum atomic E-state index is 4.78. The summed E-state index contributed by atoms with van der Waals surface area (Å²) in [6.07, 6.45) is 9.26. The van der Waals surface area contributed by atoms with Gasteiger partial charge in [0.2, 0.25) is 0 Å². The standard InChI is InChI=1S/C4H7.C4H6.Y/c2*1-3-4-2;/h1,4H2,2H3;1H,4H2,2H3;/q-1;;. The molecule has 0 unspecified atom stereocenters. The second-order valence-corrected chi connectivity index (χ2v) is 1.16. The van der Waals surface area contributed by atoms with E-state index in [1.807, 2.05) is 13.8 Å². The second-order valence-electron chi connectivity index (χ2n) is 1.16. The van der Waals surface area contributed by atoms with Crippen molar-refractivity contribution in [3.63, 3.8) is 0 Å². The number of terminal acetylenes is 1. The number of allylic oxidation sites excluding steroid dienone is 1. The Bertz CT molecular complexity index is 69.1. The van der Waals surface area contributed by atoms with Gasteiger partial charge >= 0.3 is 0 Å². The van der Waals surface area contributed by atoms with Crippen LogP contribution in [-0.2, 0) is 32.7 Å². The van der Waals surface area contributed by atoms with E-state index in [0.717, 1.165) is 12.8 Å². The van der Waals surface area contributed by atoms with Crippen LogP contribution in [0.2, 0.25) is 0 Å². The van der Waals surface area contributed by atoms with Gasteiger partial charge in [0.15, 0.2) is 0 Å². The molecule has 9 heavy (non-hydrogen) atoms. The van der Waals surface area contributed by atoms with Crippen LogP contribution in [0.25, 0.3) is 0 Å². The summed E-state index contributed by atoms with van der Waals surface area (Å²) < 4.78 is 0. The Labute approximate surface area is 84.0 Å². The molecule has 0 aromatic heterocycles. The fraction of sp³-hybridized carbons (Fsp3) is 0.500. The molecule has 0 aliphatic carbocycles. The summed E-state index contributed by atoms with van der Waals surface area (Å²) in [7, 11) is 0. The molecule has 0 rings (SSSR count). The minimum absolute atomic E-state index is 0. The smallest absolute Gasteiger partial charge is 0.00576 e. The van der Waals surface area contributed by atoms with Gasteiger partial charge in [0.25, 0.3) is 0 Å². The summed E-state index contributed by atoms with van der Waals surface area (Å²) in [5.41, 5.74) is 0. The average molecular weight is 198 g/mol. The van der Waals surface area contributed by atoms with Crippen molar-refractivity contribution < 1.29 is 32.7 Å². The summed E-state index contributed by atoms with van der Waals surface area (Å²) >= 11 is 0. The molecular formula is C8H13Y-. The molecule has 1 radical (unpaired) electrons. The minimum Gasteiger partial charge on any atom is -0.504 e. The van der Waals surface area contributed by atoms with Gasteiger partial charge in [0, 0.05) is 39.1 Å². The van der Waals surface area contributed by atoms with Crippen LogP contribution in [0.3, 0.4) is 0 Å². The van der Waals surface area contributed by atoms with Crippen LogP contribution < -0.4 is 0 Å². The Morgan fingerprint density at radius 1 is 1.56 bits per heavy atom. The normalized spacial score (nSPS) is 5.00. The van der Waals surface area contributed by atoms with E-state index in [0.29, 0.717) is 0 Å². The van der Waals surface area contributed by atoms with Gasteiger partial charge in [-0.1, -0.05) is 13.8 Å². The minimum atomic E-state index is 0. The van der Waals surface area contributed by atoms with E-state index < -0.39 is 0 Å². The number of hydrogen-bond donors (Lipinski definition) is 0. The summed E-state index contributed by atoms with van der Waals surface area (Å²) in [6.45, 7) is 7.31. The van der Waals surface area contributed by atoms with Gasteiger partial charge in [0.1, 0.15) is 0 Å². The van der Waals surface area contributed by atoms with Gasteiger partial charge in [-0.25, -0.2) is 0 Å². The Kier molecular flexibility index (Phi) is 42.7. The van der Waals surface area contributed by atoms with Crippen LogP contribution in [0.15, 0.2) is 6.58 Å². The number of hydrogen-bond acceptors (Lipinski definition) is 0. The molecule has 49 valence electrons. The van der Waals surface area contributed by atoms with E-state index in [1.165, 1.54) is 0 Å². The van der Waals surface area contributed by atoms with Gasteiger partial charge in [0.05, 0.1) is 0 Å². The molecule has 0 saturated carbocycles. The zero-order valence-electron chi connectivity index (χ0n) is 6.28. The SMILES string of the molecule is C#CCC.C=[C-]CC.[Y]. The van der Waals surface area contributed by atoms with E-state index >= 15 is 0 Å². The molecule has 1 heteroatoms. The van der Waals surface area contributed by atoms with Gasteiger partial charge in [-0.05, 0) is 0 Å². The van der Waals surface area contributed by atoms with Crippen molar-refractivity contribution in [3.8, 4) is 12.3 Å². The Morgan fingerprint density at radius 3 is 1.78 bits per heavy atom. The fourth-order valence-corrected chi connectivity index (χ4v) is 0. The van der Waals surface area contributed by atoms with Crippen LogP contribution in [0, 0.1) is 18.4 Å². The molecule has 0 aromatic rings. The Hall–Kier alpha value is 0.404. The molecule has 0 atom stereocenters. The Morgan fingerprint density at radius 2 is 1.78 bits per heavy atom. The van der Waals surface area contributed by atoms with Crippen molar-refractivity contribution in [2.24, 2.45) is 0 Å². The molecule has 0 amide bonds. The van der Waals surface area contributed by atoms with E-state index in [4.69, 9.17) is 6.42 Å². The predicted octanol–water partition coefficient (Wildman–Crippen LogP) is 2.41. The second kappa shape index (κ2) is 23.8. The van der Waals surface area contributed by atoms with E-state index in [2.05, 4.69) is 18.6 Å². The monoisotopic (exact) mass is 198 g/mol. The topological polar surface area (TPSA) is 0 Å². The van der Waals surface area contributed by atoms with Gasteiger partial charge in [-0.15, -0.1) is 12.3 Å². The van der Waals surface area contributed by atoms with Crippen molar-refractivity contribution in [2.75, 3.05) is 0 Å². The maximum Gasteiger partial charge on any atom is 0.00576 e. The molecule has 0 saturated heterocycles. The molecule has 0 N–H and O–H groups in total. The maximum absolute atomic E-state index is 4.78. The molecule has 0 fully saturated rings. The number of rotatable bonds is 1. The predicted molar refractivity (Wildman–Crippen MR) is 38.3 cm³/mol. The molecule has 0 spiro atoms. The van der Waals surface area contributed by atoms with E-state index in [1.54, 1.807) is 0 Å². The first-order valence-corrected chi connectivity index (χ1v) is 2.76. The third-order valence-corrected chi connectivity index (χ3v) is 0.454. The van der Waals surface area contributed by atoms with Crippen molar-refractivity contribution in [2.45, 2.75) is 26.7 Å². The van der Waals surface area contributed by atoms with Crippen LogP contribution in [0.1, 0.15) is 26.7 Å². The molecule has 0 aromatic carbocycles. The zero-order valence-corrected chi connectivity index (χ0v) is 9.11. The molecule has 0 nitrogen and oxygen atoms in total. The first-order valence-electron chi connectivity index (χ1n) is 2.76. The van der Waals surface area contributed by atoms with Gasteiger partial charge < -0.3 is 6.08 Å². The van der Waals surface area contributed by atoms with Crippen LogP contribution in [0.5, 0.6) is 0 Å². The van der Waals surface area contributed by atoms with Gasteiger partial charge in [-0.2, -0.15) is 6.42 Å². The molecule has 0 heterocycles. The van der Waals surface area contributed by atoms with Crippen LogP contribution in [0.4, 0.5) is 0 Å². The van der Waals surface area contributed by atoms with Crippen molar-refractivity contribution in [1.82, 2.24) is 0 Å². The average Bonchev–Trinajstić information content (AvgIpc) is 1.88.